The van der Waals surface area contributed by atoms with Crippen LogP contribution >= 0.6 is 0 Å². The number of hydrogen-bond donors (Lipinski definition) is 1. The quantitative estimate of drug-likeness (QED) is 0.574. The minimum absolute atomic E-state index is 0.0495. The number of alkyl halides is 2. The maximum absolute atomic E-state index is 14.0. The molecule has 0 fully saturated rings. The zero-order chi connectivity index (χ0) is 22.7. The highest BCUT2D eigenvalue weighted by Gasteiger charge is 2.25. The number of nitrogens with zero attached hydrogens (tertiary/aromatic N) is 3. The van der Waals surface area contributed by atoms with Crippen LogP contribution < -0.4 is 15.0 Å². The van der Waals surface area contributed by atoms with Crippen LogP contribution in [0.25, 0.3) is 11.1 Å². The van der Waals surface area contributed by atoms with Crippen LogP contribution in [0.2, 0.25) is 0 Å². The van der Waals surface area contributed by atoms with E-state index >= 15 is 0 Å². The number of anilines is 2. The molecule has 2 aliphatic heterocycles. The molecule has 1 aromatic heterocycles. The van der Waals surface area contributed by atoms with Crippen molar-refractivity contribution in [2.75, 3.05) is 24.6 Å². The molecule has 0 atom stereocenters. The minimum atomic E-state index is -2.56. The molecule has 0 spiro atoms. The molecule has 5 rings (SSSR count). The first-order valence-electron chi connectivity index (χ1n) is 11.3. The number of fused-ring (bicyclic) bond motifs is 2. The molecule has 1 N–H and O–H groups in total. The highest BCUT2D eigenvalue weighted by molar-refractivity contribution is 5.77. The van der Waals surface area contributed by atoms with E-state index in [0.717, 1.165) is 66.3 Å². The van der Waals surface area contributed by atoms with Crippen molar-refractivity contribution in [2.45, 2.75) is 39.7 Å². The number of rotatable bonds is 3. The number of nitrogens with one attached hydrogen (secondary N) is 1. The Balaban J connectivity index is 0.00000119. The number of aryl methyl sites for hydroxylation is 2. The van der Waals surface area contributed by atoms with Gasteiger partial charge in [0.25, 0.3) is 6.43 Å². The molecule has 2 aromatic carbocycles. The standard InChI is InChI=1S/C23H24F2N4O.C2H6/c1-28-14-17(13-27-28)19-10-15-3-2-7-29(21(15)11-20(19)23(24)25)18-4-5-22-16(9-18)12-26-6-8-30-22;1-2/h4-5,9-11,13-14,23,26H,2-3,6-8,12H2,1H3;1-2H3. The van der Waals surface area contributed by atoms with Crippen molar-refractivity contribution in [1.82, 2.24) is 15.1 Å². The zero-order valence-electron chi connectivity index (χ0n) is 18.9. The molecule has 5 nitrogen and oxygen atoms in total. The summed E-state index contributed by atoms with van der Waals surface area (Å²) in [5.74, 6) is 0.890. The van der Waals surface area contributed by atoms with Crippen molar-refractivity contribution in [3.05, 3.63) is 59.4 Å². The largest absolute Gasteiger partial charge is 0.492 e. The number of hydrogen-bond acceptors (Lipinski definition) is 4. The molecule has 7 heteroatoms. The first-order chi connectivity index (χ1) is 15.6. The molecule has 0 unspecified atom stereocenters. The smallest absolute Gasteiger partial charge is 0.264 e. The Labute approximate surface area is 188 Å². The second-order valence-corrected chi connectivity index (χ2v) is 7.84. The predicted octanol–water partition coefficient (Wildman–Crippen LogP) is 5.62. The molecule has 170 valence electrons. The van der Waals surface area contributed by atoms with Crippen LogP contribution in [-0.2, 0) is 20.0 Å². The fourth-order valence-electron chi connectivity index (χ4n) is 4.38. The molecule has 3 aromatic rings. The van der Waals surface area contributed by atoms with Gasteiger partial charge in [-0.2, -0.15) is 5.10 Å². The second-order valence-electron chi connectivity index (χ2n) is 7.84. The maximum Gasteiger partial charge on any atom is 0.264 e. The molecular weight excluding hydrogens is 410 g/mol. The van der Waals surface area contributed by atoms with Crippen molar-refractivity contribution in [2.24, 2.45) is 7.05 Å². The van der Waals surface area contributed by atoms with Crippen molar-refractivity contribution in [3.8, 4) is 16.9 Å². The van der Waals surface area contributed by atoms with Crippen molar-refractivity contribution < 1.29 is 13.5 Å². The van der Waals surface area contributed by atoms with Crippen LogP contribution in [0.3, 0.4) is 0 Å². The average molecular weight is 441 g/mol. The fourth-order valence-corrected chi connectivity index (χ4v) is 4.38. The van der Waals surface area contributed by atoms with E-state index in [1.54, 1.807) is 30.2 Å². The van der Waals surface area contributed by atoms with E-state index < -0.39 is 6.43 Å². The molecule has 0 saturated heterocycles. The summed E-state index contributed by atoms with van der Waals surface area (Å²) in [6.45, 7) is 7.00. The van der Waals surface area contributed by atoms with Gasteiger partial charge in [-0.3, -0.25) is 4.68 Å². The van der Waals surface area contributed by atoms with Crippen molar-refractivity contribution in [3.63, 3.8) is 0 Å². The number of benzene rings is 2. The SMILES string of the molecule is CC.Cn1cc(-c2cc3c(cc2C(F)F)N(c2ccc4c(c2)CNCCO4)CCC3)cn1. The monoisotopic (exact) mass is 440 g/mol. The van der Waals surface area contributed by atoms with Gasteiger partial charge in [-0.1, -0.05) is 13.8 Å². The third-order valence-electron chi connectivity index (χ3n) is 5.83. The lowest BCUT2D eigenvalue weighted by molar-refractivity contribution is 0.152. The van der Waals surface area contributed by atoms with E-state index in [4.69, 9.17) is 4.74 Å². The van der Waals surface area contributed by atoms with Crippen molar-refractivity contribution in [1.29, 1.82) is 0 Å². The normalized spacial score (nSPS) is 15.2. The van der Waals surface area contributed by atoms with Gasteiger partial charge in [0.05, 0.1) is 6.20 Å². The van der Waals surface area contributed by atoms with E-state index in [2.05, 4.69) is 21.4 Å². The van der Waals surface area contributed by atoms with Crippen LogP contribution in [0.15, 0.2) is 42.7 Å². The molecule has 0 aliphatic carbocycles. The van der Waals surface area contributed by atoms with Gasteiger partial charge in [-0.05, 0) is 54.3 Å². The van der Waals surface area contributed by atoms with E-state index in [-0.39, 0.29) is 5.56 Å². The molecule has 32 heavy (non-hydrogen) atoms. The summed E-state index contributed by atoms with van der Waals surface area (Å²) < 4.78 is 35.5. The van der Waals surface area contributed by atoms with E-state index in [0.29, 0.717) is 12.2 Å². The summed E-state index contributed by atoms with van der Waals surface area (Å²) in [6.07, 6.45) is 2.72. The molecule has 0 saturated carbocycles. The van der Waals surface area contributed by atoms with Gasteiger partial charge in [0.15, 0.2) is 0 Å². The van der Waals surface area contributed by atoms with Crippen LogP contribution in [-0.4, -0.2) is 29.5 Å². The van der Waals surface area contributed by atoms with Gasteiger partial charge in [0.2, 0.25) is 0 Å². The van der Waals surface area contributed by atoms with Gasteiger partial charge in [-0.15, -0.1) is 0 Å². The van der Waals surface area contributed by atoms with Crippen LogP contribution in [0.1, 0.15) is 43.4 Å². The highest BCUT2D eigenvalue weighted by Crippen LogP contribution is 2.42. The van der Waals surface area contributed by atoms with Gasteiger partial charge < -0.3 is 15.0 Å². The van der Waals surface area contributed by atoms with Crippen LogP contribution in [0.4, 0.5) is 20.2 Å². The maximum atomic E-state index is 14.0. The van der Waals surface area contributed by atoms with E-state index in [1.165, 1.54) is 0 Å². The Kier molecular flexibility index (Phi) is 6.74. The lowest BCUT2D eigenvalue weighted by Gasteiger charge is -2.33. The number of halogens is 2. The lowest BCUT2D eigenvalue weighted by atomic mass is 9.92. The molecular formula is C25H30F2N4O. The van der Waals surface area contributed by atoms with Gasteiger partial charge >= 0.3 is 0 Å². The number of aromatic nitrogens is 2. The van der Waals surface area contributed by atoms with E-state index in [1.807, 2.05) is 32.0 Å². The first-order valence-corrected chi connectivity index (χ1v) is 11.3. The number of ether oxygens (including phenoxy) is 1. The molecule has 2 aliphatic rings. The second kappa shape index (κ2) is 9.69. The lowest BCUT2D eigenvalue weighted by Crippen LogP contribution is -2.25. The Bertz CT molecular complexity index is 1080. The summed E-state index contributed by atoms with van der Waals surface area (Å²) in [5, 5.41) is 7.51. The van der Waals surface area contributed by atoms with E-state index in [9.17, 15) is 8.78 Å². The minimum Gasteiger partial charge on any atom is -0.492 e. The Morgan fingerprint density at radius 3 is 2.72 bits per heavy atom. The zero-order valence-corrected chi connectivity index (χ0v) is 18.9. The van der Waals surface area contributed by atoms with Crippen molar-refractivity contribution >= 4 is 11.4 Å². The summed E-state index contributed by atoms with van der Waals surface area (Å²) in [7, 11) is 1.79. The summed E-state index contributed by atoms with van der Waals surface area (Å²) >= 11 is 0. The first kappa shape index (κ1) is 22.3. The topological polar surface area (TPSA) is 42.3 Å². The predicted molar refractivity (Wildman–Crippen MR) is 124 cm³/mol. The van der Waals surface area contributed by atoms with Gasteiger partial charge in [-0.25, -0.2) is 8.78 Å². The molecule has 0 amide bonds. The summed E-state index contributed by atoms with van der Waals surface area (Å²) in [5.41, 5.74) is 5.41. The Morgan fingerprint density at radius 1 is 1.12 bits per heavy atom. The average Bonchev–Trinajstić information content (AvgIpc) is 3.11. The van der Waals surface area contributed by atoms with Gasteiger partial charge in [0, 0.05) is 60.9 Å². The highest BCUT2D eigenvalue weighted by atomic mass is 19.3. The summed E-state index contributed by atoms with van der Waals surface area (Å²) in [4.78, 5) is 2.16. The molecule has 0 bridgehead atoms. The third kappa shape index (κ3) is 4.35. The molecule has 0 radical (unpaired) electrons. The molecule has 3 heterocycles. The van der Waals surface area contributed by atoms with Crippen LogP contribution in [0.5, 0.6) is 5.75 Å². The third-order valence-corrected chi connectivity index (χ3v) is 5.83. The summed E-state index contributed by atoms with van der Waals surface area (Å²) in [6, 6.07) is 9.72. The van der Waals surface area contributed by atoms with Gasteiger partial charge in [0.1, 0.15) is 12.4 Å². The Hall–Kier alpha value is -2.93. The van der Waals surface area contributed by atoms with Crippen LogP contribution in [0, 0.1) is 0 Å². The Morgan fingerprint density at radius 2 is 1.97 bits per heavy atom. The fraction of sp³-hybridized carbons (Fsp3) is 0.400.